The summed E-state index contributed by atoms with van der Waals surface area (Å²) in [5, 5.41) is 9.18. The highest BCUT2D eigenvalue weighted by Crippen LogP contribution is 2.23. The summed E-state index contributed by atoms with van der Waals surface area (Å²) in [5.41, 5.74) is 4.36. The van der Waals surface area contributed by atoms with E-state index in [1.807, 2.05) is 30.3 Å². The highest BCUT2D eigenvalue weighted by molar-refractivity contribution is 7.89. The fourth-order valence-electron chi connectivity index (χ4n) is 4.02. The van der Waals surface area contributed by atoms with Gasteiger partial charge in [-0.1, -0.05) is 54.1 Å². The summed E-state index contributed by atoms with van der Waals surface area (Å²) in [6, 6.07) is 15.5. The molecule has 8 heteroatoms. The zero-order chi connectivity index (χ0) is 23.1. The number of benzene rings is 2. The van der Waals surface area contributed by atoms with Crippen LogP contribution in [-0.4, -0.2) is 60.4 Å². The number of rotatable bonds is 10. The summed E-state index contributed by atoms with van der Waals surface area (Å²) in [6.07, 6.45) is 1.67. The van der Waals surface area contributed by atoms with Gasteiger partial charge in [-0.05, 0) is 49.8 Å². The van der Waals surface area contributed by atoms with Gasteiger partial charge in [0.15, 0.2) is 0 Å². The van der Waals surface area contributed by atoms with Crippen molar-refractivity contribution in [3.05, 3.63) is 70.8 Å². The van der Waals surface area contributed by atoms with E-state index >= 15 is 0 Å². The smallest absolute Gasteiger partial charge is 0.233 e. The molecule has 1 atom stereocenters. The zero-order valence-electron chi connectivity index (χ0n) is 18.7. The van der Waals surface area contributed by atoms with E-state index in [1.54, 1.807) is 0 Å². The van der Waals surface area contributed by atoms with Crippen LogP contribution in [0.2, 0.25) is 0 Å². The van der Waals surface area contributed by atoms with E-state index in [0.717, 1.165) is 11.1 Å². The van der Waals surface area contributed by atoms with Crippen LogP contribution < -0.4 is 0 Å². The summed E-state index contributed by atoms with van der Waals surface area (Å²) >= 11 is 0. The van der Waals surface area contributed by atoms with Crippen LogP contribution in [0.5, 0.6) is 0 Å². The Morgan fingerprint density at radius 3 is 2.50 bits per heavy atom. The average molecular weight is 461 g/mol. The average Bonchev–Trinajstić information content (AvgIpc) is 2.80. The fourth-order valence-corrected chi connectivity index (χ4v) is 5.91. The molecule has 0 bridgehead atoms. The van der Waals surface area contributed by atoms with Crippen molar-refractivity contribution in [3.8, 4) is 0 Å². The van der Waals surface area contributed by atoms with Gasteiger partial charge < -0.3 is 4.74 Å². The van der Waals surface area contributed by atoms with Gasteiger partial charge in [0.05, 0.1) is 24.5 Å². The first-order valence-corrected chi connectivity index (χ1v) is 12.4. The Hall–Kier alpha value is -2.26. The molecule has 1 amide bonds. The molecule has 1 heterocycles. The van der Waals surface area contributed by atoms with Crippen molar-refractivity contribution in [2.45, 2.75) is 51.1 Å². The van der Waals surface area contributed by atoms with Gasteiger partial charge in [-0.15, -0.1) is 0 Å². The van der Waals surface area contributed by atoms with Crippen molar-refractivity contribution >= 4 is 16.4 Å². The largest absolute Gasteiger partial charge is 0.373 e. The Kier molecular flexibility index (Phi) is 8.42. The Balaban J connectivity index is 1.62. The lowest BCUT2D eigenvalue weighted by atomic mass is 10.1. The number of carbonyl (C=O) groups is 1. The van der Waals surface area contributed by atoms with Crippen molar-refractivity contribution in [1.29, 1.82) is 0 Å². The van der Waals surface area contributed by atoms with Crippen molar-refractivity contribution < 1.29 is 23.2 Å². The first-order valence-electron chi connectivity index (χ1n) is 10.9. The van der Waals surface area contributed by atoms with E-state index in [9.17, 15) is 18.4 Å². The quantitative estimate of drug-likeness (QED) is 0.335. The zero-order valence-corrected chi connectivity index (χ0v) is 19.5. The van der Waals surface area contributed by atoms with E-state index < -0.39 is 15.3 Å². The van der Waals surface area contributed by atoms with Crippen LogP contribution in [0.1, 0.15) is 35.1 Å². The molecule has 1 saturated heterocycles. The van der Waals surface area contributed by atoms with Gasteiger partial charge in [-0.3, -0.25) is 10.0 Å². The van der Waals surface area contributed by atoms with Crippen LogP contribution in [0.25, 0.3) is 0 Å². The molecule has 32 heavy (non-hydrogen) atoms. The molecule has 0 saturated carbocycles. The number of aryl methyl sites for hydroxylation is 2. The molecule has 2 aromatic carbocycles. The Morgan fingerprint density at radius 1 is 1.16 bits per heavy atom. The third-order valence-corrected chi connectivity index (χ3v) is 8.22. The number of amides is 1. The number of piperidine rings is 1. The van der Waals surface area contributed by atoms with E-state index in [4.69, 9.17) is 4.74 Å². The second-order valence-corrected chi connectivity index (χ2v) is 10.6. The number of carbonyl (C=O) groups excluding carboxylic acids is 1. The number of hydrogen-bond donors (Lipinski definition) is 1. The first kappa shape index (κ1) is 24.4. The van der Waals surface area contributed by atoms with Crippen LogP contribution >= 0.6 is 0 Å². The predicted octanol–water partition coefficient (Wildman–Crippen LogP) is 3.07. The van der Waals surface area contributed by atoms with Crippen LogP contribution in [0.15, 0.2) is 48.5 Å². The Morgan fingerprint density at radius 2 is 1.84 bits per heavy atom. The highest BCUT2D eigenvalue weighted by Gasteiger charge is 2.36. The second kappa shape index (κ2) is 11.0. The molecule has 0 aromatic heterocycles. The molecule has 0 aliphatic carbocycles. The topological polar surface area (TPSA) is 87.2 Å². The highest BCUT2D eigenvalue weighted by atomic mass is 32.2. The summed E-state index contributed by atoms with van der Waals surface area (Å²) < 4.78 is 34.2. The molecule has 0 radical (unpaired) electrons. The second-order valence-electron chi connectivity index (χ2n) is 8.42. The maximum absolute atomic E-state index is 13.3. The van der Waals surface area contributed by atoms with Crippen LogP contribution in [0, 0.1) is 13.8 Å². The predicted molar refractivity (Wildman–Crippen MR) is 123 cm³/mol. The minimum atomic E-state index is -3.71. The van der Waals surface area contributed by atoms with Gasteiger partial charge in [0, 0.05) is 13.1 Å². The van der Waals surface area contributed by atoms with E-state index in [2.05, 4.69) is 32.0 Å². The molecule has 1 aliphatic rings. The lowest BCUT2D eigenvalue weighted by Gasteiger charge is -2.34. The molecular weight excluding hydrogens is 428 g/mol. The maximum Gasteiger partial charge on any atom is 0.233 e. The van der Waals surface area contributed by atoms with Crippen molar-refractivity contribution in [1.82, 2.24) is 9.37 Å². The molecule has 174 valence electrons. The summed E-state index contributed by atoms with van der Waals surface area (Å²) in [4.78, 5) is 10.9. The van der Waals surface area contributed by atoms with Crippen LogP contribution in [-0.2, 0) is 32.6 Å². The summed E-state index contributed by atoms with van der Waals surface area (Å²) in [7, 11) is -3.71. The van der Waals surface area contributed by atoms with Crippen molar-refractivity contribution in [2.75, 3.05) is 19.6 Å². The van der Waals surface area contributed by atoms with Crippen LogP contribution in [0.3, 0.4) is 0 Å². The van der Waals surface area contributed by atoms with Crippen molar-refractivity contribution in [2.24, 2.45) is 0 Å². The maximum atomic E-state index is 13.3. The molecule has 1 aliphatic heterocycles. The number of hydrogen-bond acceptors (Lipinski definition) is 5. The molecule has 3 rings (SSSR count). The first-order chi connectivity index (χ1) is 15.3. The lowest BCUT2D eigenvalue weighted by molar-refractivity contribution is -0.149. The molecule has 7 nitrogen and oxygen atoms in total. The van der Waals surface area contributed by atoms with E-state index in [-0.39, 0.29) is 25.5 Å². The van der Waals surface area contributed by atoms with Gasteiger partial charge >= 0.3 is 0 Å². The Bertz CT molecular complexity index is 989. The molecule has 1 N–H and O–H groups in total. The van der Waals surface area contributed by atoms with Gasteiger partial charge in [0.25, 0.3) is 0 Å². The fraction of sp³-hybridized carbons (Fsp3) is 0.458. The summed E-state index contributed by atoms with van der Waals surface area (Å²) in [6.45, 7) is 5.07. The molecule has 1 unspecified atom stereocenters. The molecule has 0 spiro atoms. The van der Waals surface area contributed by atoms with Gasteiger partial charge in [-0.2, -0.15) is 0 Å². The third-order valence-electron chi connectivity index (χ3n) is 5.98. The minimum absolute atomic E-state index is 0.00162. The SMILES string of the molecule is Cc1ccc(C)c(COC2CCN(S(=O)(=O)C(Cc3ccccc3)CN(O)C=O)CC2)c1. The molecule has 1 fully saturated rings. The van der Waals surface area contributed by atoms with Gasteiger partial charge in [0.2, 0.25) is 16.4 Å². The number of ether oxygens (including phenoxy) is 1. The van der Waals surface area contributed by atoms with Gasteiger partial charge in [0.1, 0.15) is 0 Å². The number of nitrogens with zero attached hydrogens (tertiary/aromatic N) is 2. The Labute approximate surface area is 190 Å². The van der Waals surface area contributed by atoms with E-state index in [0.29, 0.717) is 37.6 Å². The molecule has 2 aromatic rings. The lowest BCUT2D eigenvalue weighted by Crippen LogP contribution is -2.48. The molecular formula is C24H32N2O5S. The number of hydroxylamine groups is 2. The number of sulfonamides is 1. The normalized spacial score (nSPS) is 16.6. The summed E-state index contributed by atoms with van der Waals surface area (Å²) in [5.74, 6) is 0. The van der Waals surface area contributed by atoms with E-state index in [1.165, 1.54) is 15.4 Å². The van der Waals surface area contributed by atoms with Gasteiger partial charge in [-0.25, -0.2) is 17.8 Å². The third kappa shape index (κ3) is 6.38. The monoisotopic (exact) mass is 460 g/mol. The van der Waals surface area contributed by atoms with Crippen molar-refractivity contribution in [3.63, 3.8) is 0 Å². The standard InChI is InChI=1S/C24H32N2O5S/c1-19-8-9-20(2)22(14-19)17-31-23-10-12-26(13-11-23)32(29,30)24(16-25(28)18-27)15-21-6-4-3-5-7-21/h3-9,14,18,23-24,28H,10-13,15-17H2,1-2H3. The van der Waals surface area contributed by atoms with Crippen LogP contribution in [0.4, 0.5) is 0 Å². The minimum Gasteiger partial charge on any atom is -0.373 e.